The highest BCUT2D eigenvalue weighted by Crippen LogP contribution is 2.32. The normalized spacial score (nSPS) is 21.1. The van der Waals surface area contributed by atoms with Gasteiger partial charge >= 0.3 is 12.1 Å². The summed E-state index contributed by atoms with van der Waals surface area (Å²) >= 11 is 0. The molecule has 0 unspecified atom stereocenters. The van der Waals surface area contributed by atoms with E-state index in [9.17, 15) is 19.1 Å². The number of carbonyl (C=O) groups is 2. The monoisotopic (exact) mass is 428 g/mol. The average Bonchev–Trinajstić information content (AvgIpc) is 3.61. The summed E-state index contributed by atoms with van der Waals surface area (Å²) in [4.78, 5) is 28.8. The molecule has 7 nitrogen and oxygen atoms in total. The molecule has 31 heavy (non-hydrogen) atoms. The lowest BCUT2D eigenvalue weighted by Crippen LogP contribution is -2.58. The van der Waals surface area contributed by atoms with E-state index < -0.39 is 0 Å². The first-order valence-corrected chi connectivity index (χ1v) is 10.8. The zero-order valence-corrected chi connectivity index (χ0v) is 17.7. The molecule has 2 aromatic rings. The van der Waals surface area contributed by atoms with Crippen LogP contribution in [0.3, 0.4) is 0 Å². The molecule has 0 spiro atoms. The van der Waals surface area contributed by atoms with Crippen molar-refractivity contribution >= 4 is 22.8 Å². The summed E-state index contributed by atoms with van der Waals surface area (Å²) in [5.41, 5.74) is 0.895. The molecule has 166 valence electrons. The number of benzene rings is 2. The number of likely N-dealkylation sites (tertiary alicyclic amines) is 1. The molecule has 4 amide bonds. The molecule has 3 N–H and O–H groups in total. The smallest absolute Gasteiger partial charge is 0.318 e. The summed E-state index contributed by atoms with van der Waals surface area (Å²) < 4.78 is 13.5. The molecule has 2 atom stereocenters. The van der Waals surface area contributed by atoms with Gasteiger partial charge in [0.2, 0.25) is 0 Å². The molecule has 0 radical (unpaired) electrons. The summed E-state index contributed by atoms with van der Waals surface area (Å²) in [5.74, 6) is -0.342. The molecule has 0 aromatic heterocycles. The maximum absolute atomic E-state index is 13.5. The van der Waals surface area contributed by atoms with E-state index in [-0.39, 0.29) is 42.5 Å². The molecule has 1 aliphatic heterocycles. The van der Waals surface area contributed by atoms with Crippen molar-refractivity contribution in [2.45, 2.75) is 37.9 Å². The number of fused-ring (bicyclic) bond motifs is 1. The second kappa shape index (κ2) is 9.09. The Hall–Kier alpha value is -2.87. The van der Waals surface area contributed by atoms with Gasteiger partial charge in [0.25, 0.3) is 0 Å². The van der Waals surface area contributed by atoms with Gasteiger partial charge in [0.15, 0.2) is 0 Å². The summed E-state index contributed by atoms with van der Waals surface area (Å²) in [6.07, 6.45) is 2.56. The van der Waals surface area contributed by atoms with Crippen LogP contribution in [0.5, 0.6) is 0 Å². The molecular formula is C23H29FN4O3. The van der Waals surface area contributed by atoms with Gasteiger partial charge in [0.05, 0.1) is 6.04 Å². The Morgan fingerprint density at radius 1 is 1.13 bits per heavy atom. The molecular weight excluding hydrogens is 399 g/mol. The maximum Gasteiger partial charge on any atom is 0.318 e. The fourth-order valence-electron chi connectivity index (χ4n) is 4.46. The molecule has 4 rings (SSSR count). The van der Waals surface area contributed by atoms with E-state index in [0.717, 1.165) is 29.2 Å². The second-order valence-electron chi connectivity index (χ2n) is 8.52. The highest BCUT2D eigenvalue weighted by atomic mass is 19.1. The number of hydrogen-bond donors (Lipinski definition) is 3. The number of nitrogens with zero attached hydrogens (tertiary/aromatic N) is 2. The van der Waals surface area contributed by atoms with Gasteiger partial charge in [0.1, 0.15) is 5.82 Å². The number of hydrogen-bond acceptors (Lipinski definition) is 3. The van der Waals surface area contributed by atoms with Crippen LogP contribution in [0, 0.1) is 11.7 Å². The lowest BCUT2D eigenvalue weighted by Gasteiger charge is -2.42. The molecule has 1 aliphatic carbocycles. The highest BCUT2D eigenvalue weighted by molar-refractivity contribution is 5.83. The molecule has 8 heteroatoms. The van der Waals surface area contributed by atoms with E-state index in [1.54, 1.807) is 18.0 Å². The summed E-state index contributed by atoms with van der Waals surface area (Å²) in [7, 11) is 1.58. The highest BCUT2D eigenvalue weighted by Gasteiger charge is 2.41. The lowest BCUT2D eigenvalue weighted by molar-refractivity contribution is 0.0690. The molecule has 1 saturated heterocycles. The minimum Gasteiger partial charge on any atom is -0.396 e. The predicted octanol–water partition coefficient (Wildman–Crippen LogP) is 2.68. The molecule has 2 fully saturated rings. The van der Waals surface area contributed by atoms with Crippen LogP contribution in [0.2, 0.25) is 0 Å². The van der Waals surface area contributed by atoms with Gasteiger partial charge in [-0.2, -0.15) is 0 Å². The van der Waals surface area contributed by atoms with Crippen molar-refractivity contribution in [1.82, 2.24) is 20.4 Å². The maximum atomic E-state index is 13.5. The molecule has 0 bridgehead atoms. The molecule has 1 saturated carbocycles. The number of halogens is 1. The minimum absolute atomic E-state index is 0.0161. The number of urea groups is 2. The van der Waals surface area contributed by atoms with E-state index in [0.29, 0.717) is 26.1 Å². The Bertz CT molecular complexity index is 965. The Morgan fingerprint density at radius 2 is 1.90 bits per heavy atom. The lowest BCUT2D eigenvalue weighted by atomic mass is 9.94. The van der Waals surface area contributed by atoms with Crippen molar-refractivity contribution in [1.29, 1.82) is 0 Å². The van der Waals surface area contributed by atoms with Crippen molar-refractivity contribution in [3.63, 3.8) is 0 Å². The van der Waals surface area contributed by atoms with Gasteiger partial charge < -0.3 is 25.5 Å². The Morgan fingerprint density at radius 3 is 2.61 bits per heavy atom. The van der Waals surface area contributed by atoms with Crippen molar-refractivity contribution in [3.05, 3.63) is 47.8 Å². The van der Waals surface area contributed by atoms with Crippen LogP contribution in [0.25, 0.3) is 10.8 Å². The zero-order chi connectivity index (χ0) is 22.0. The van der Waals surface area contributed by atoms with Crippen LogP contribution < -0.4 is 10.6 Å². The topological polar surface area (TPSA) is 84.9 Å². The molecule has 1 heterocycles. The Labute approximate surface area is 181 Å². The number of amides is 4. The standard InChI is InChI=1S/C23H29FN4O3/c1-25-22(30)27-12-16(14-29)9-21(13-27)28(20-6-7-20)23(31)26-11-15-2-3-17-4-5-19(24)10-18(17)8-15/h2-5,8,10,16,20-21,29H,6-7,9,11-14H2,1H3,(H,25,30)(H,26,31)/t16-,21+/m0/s1. The van der Waals surface area contributed by atoms with Crippen molar-refractivity contribution in [3.8, 4) is 0 Å². The third-order valence-corrected chi connectivity index (χ3v) is 6.15. The van der Waals surface area contributed by atoms with Crippen LogP contribution >= 0.6 is 0 Å². The summed E-state index contributed by atoms with van der Waals surface area (Å²) in [6, 6.07) is 10.1. The number of nitrogens with one attached hydrogen (secondary N) is 2. The van der Waals surface area contributed by atoms with E-state index in [2.05, 4.69) is 10.6 Å². The number of rotatable bonds is 5. The zero-order valence-electron chi connectivity index (χ0n) is 17.7. The third-order valence-electron chi connectivity index (χ3n) is 6.15. The molecule has 2 aliphatic rings. The third kappa shape index (κ3) is 4.90. The van der Waals surface area contributed by atoms with Gasteiger partial charge in [-0.15, -0.1) is 0 Å². The fourth-order valence-corrected chi connectivity index (χ4v) is 4.46. The van der Waals surface area contributed by atoms with Crippen LogP contribution in [0.4, 0.5) is 14.0 Å². The average molecular weight is 429 g/mol. The number of aliphatic hydroxyl groups is 1. The first-order valence-electron chi connectivity index (χ1n) is 10.8. The molecule has 2 aromatic carbocycles. The predicted molar refractivity (Wildman–Crippen MR) is 116 cm³/mol. The van der Waals surface area contributed by atoms with Gasteiger partial charge in [-0.3, -0.25) is 0 Å². The van der Waals surface area contributed by atoms with Gasteiger partial charge in [-0.25, -0.2) is 14.0 Å². The SMILES string of the molecule is CNC(=O)N1C[C@@H](CO)C[C@@H](N(C(=O)NCc2ccc3ccc(F)cc3c2)C2CC2)C1. The van der Waals surface area contributed by atoms with E-state index in [4.69, 9.17) is 0 Å². The largest absolute Gasteiger partial charge is 0.396 e. The van der Waals surface area contributed by atoms with E-state index in [1.165, 1.54) is 12.1 Å². The van der Waals surface area contributed by atoms with Crippen molar-refractivity contribution in [2.24, 2.45) is 5.92 Å². The van der Waals surface area contributed by atoms with E-state index >= 15 is 0 Å². The number of piperidine rings is 1. The second-order valence-corrected chi connectivity index (χ2v) is 8.52. The van der Waals surface area contributed by atoms with Crippen LogP contribution in [-0.2, 0) is 6.54 Å². The number of carbonyl (C=O) groups excluding carboxylic acids is 2. The quantitative estimate of drug-likeness (QED) is 0.685. The van der Waals surface area contributed by atoms with Crippen molar-refractivity contribution in [2.75, 3.05) is 26.7 Å². The first kappa shape index (κ1) is 21.4. The van der Waals surface area contributed by atoms with Crippen LogP contribution in [0.1, 0.15) is 24.8 Å². The van der Waals surface area contributed by atoms with E-state index in [1.807, 2.05) is 23.1 Å². The fraction of sp³-hybridized carbons (Fsp3) is 0.478. The number of aliphatic hydroxyl groups excluding tert-OH is 1. The Kier molecular flexibility index (Phi) is 6.27. The summed E-state index contributed by atoms with van der Waals surface area (Å²) in [5, 5.41) is 17.1. The summed E-state index contributed by atoms with van der Waals surface area (Å²) in [6.45, 7) is 1.26. The van der Waals surface area contributed by atoms with Crippen LogP contribution in [-0.4, -0.2) is 65.8 Å². The van der Waals surface area contributed by atoms with Gasteiger partial charge in [-0.1, -0.05) is 18.2 Å². The van der Waals surface area contributed by atoms with Crippen molar-refractivity contribution < 1.29 is 19.1 Å². The minimum atomic E-state index is -0.287. The van der Waals surface area contributed by atoms with Gasteiger partial charge in [0, 0.05) is 45.2 Å². The van der Waals surface area contributed by atoms with Crippen LogP contribution in [0.15, 0.2) is 36.4 Å². The Balaban J connectivity index is 1.45. The van der Waals surface area contributed by atoms with Gasteiger partial charge in [-0.05, 0) is 53.8 Å². The first-order chi connectivity index (χ1) is 15.0.